The topological polar surface area (TPSA) is 39.2 Å². The number of hydrogen-bond donors (Lipinski definition) is 0. The van der Waals surface area contributed by atoms with E-state index >= 15 is 0 Å². The van der Waals surface area contributed by atoms with E-state index in [0.29, 0.717) is 17.9 Å². The first kappa shape index (κ1) is 12.5. The van der Waals surface area contributed by atoms with Crippen LogP contribution in [0.25, 0.3) is 0 Å². The molecule has 18 heavy (non-hydrogen) atoms. The van der Waals surface area contributed by atoms with E-state index in [1.807, 2.05) is 37.3 Å². The van der Waals surface area contributed by atoms with Crippen molar-refractivity contribution in [3.63, 3.8) is 0 Å². The molecule has 0 fully saturated rings. The smallest absolute Gasteiger partial charge is 0.197 e. The van der Waals surface area contributed by atoms with Gasteiger partial charge in [-0.05, 0) is 19.1 Å². The highest BCUT2D eigenvalue weighted by molar-refractivity contribution is 5.99. The van der Waals surface area contributed by atoms with E-state index in [9.17, 15) is 4.79 Å². The van der Waals surface area contributed by atoms with Gasteiger partial charge in [-0.2, -0.15) is 0 Å². The van der Waals surface area contributed by atoms with Gasteiger partial charge in [0.05, 0.1) is 5.69 Å². The lowest BCUT2D eigenvalue weighted by molar-refractivity contribution is 0.0437. The standard InChI is InChI=1S/C15H15NO2/c1-2-18-15(13-10-6-7-11-16-13)14(17)12-8-4-3-5-9-12/h3-11,15H,2H2,1H3. The lowest BCUT2D eigenvalue weighted by Crippen LogP contribution is -2.17. The molecule has 1 atom stereocenters. The number of ketones is 1. The predicted octanol–water partition coefficient (Wildman–Crippen LogP) is 3.04. The van der Waals surface area contributed by atoms with Crippen molar-refractivity contribution in [2.24, 2.45) is 0 Å². The van der Waals surface area contributed by atoms with Gasteiger partial charge in [-0.3, -0.25) is 9.78 Å². The summed E-state index contributed by atoms with van der Waals surface area (Å²) in [4.78, 5) is 16.6. The molecule has 0 aliphatic heterocycles. The Morgan fingerprint density at radius 3 is 2.50 bits per heavy atom. The van der Waals surface area contributed by atoms with Crippen molar-refractivity contribution in [2.75, 3.05) is 6.61 Å². The van der Waals surface area contributed by atoms with Crippen LogP contribution in [0.15, 0.2) is 54.7 Å². The molecule has 0 aliphatic carbocycles. The molecule has 3 heteroatoms. The van der Waals surface area contributed by atoms with E-state index in [1.165, 1.54) is 0 Å². The van der Waals surface area contributed by atoms with Gasteiger partial charge >= 0.3 is 0 Å². The molecule has 0 saturated carbocycles. The fraction of sp³-hybridized carbons (Fsp3) is 0.200. The molecule has 92 valence electrons. The number of nitrogens with zero attached hydrogens (tertiary/aromatic N) is 1. The summed E-state index contributed by atoms with van der Waals surface area (Å²) in [5.74, 6) is -0.0591. The minimum Gasteiger partial charge on any atom is -0.364 e. The quantitative estimate of drug-likeness (QED) is 0.755. The molecule has 1 aromatic carbocycles. The Kier molecular flexibility index (Phi) is 4.20. The molecule has 3 nitrogen and oxygen atoms in total. The number of benzene rings is 1. The Bertz CT molecular complexity index is 496. The Morgan fingerprint density at radius 1 is 1.17 bits per heavy atom. The van der Waals surface area contributed by atoms with Gasteiger partial charge in [0.1, 0.15) is 0 Å². The van der Waals surface area contributed by atoms with Gasteiger partial charge in [0.15, 0.2) is 11.9 Å². The predicted molar refractivity (Wildman–Crippen MR) is 69.4 cm³/mol. The minimum atomic E-state index is -0.626. The molecular weight excluding hydrogens is 226 g/mol. The lowest BCUT2D eigenvalue weighted by atomic mass is 10.0. The third kappa shape index (κ3) is 2.81. The summed E-state index contributed by atoms with van der Waals surface area (Å²) in [5, 5.41) is 0. The highest BCUT2D eigenvalue weighted by Crippen LogP contribution is 2.20. The number of Topliss-reactive ketones (excluding diaryl/α,β-unsaturated/α-hetero) is 1. The molecule has 0 bridgehead atoms. The van der Waals surface area contributed by atoms with Crippen LogP contribution in [-0.2, 0) is 4.74 Å². The monoisotopic (exact) mass is 241 g/mol. The van der Waals surface area contributed by atoms with Crippen molar-refractivity contribution < 1.29 is 9.53 Å². The summed E-state index contributed by atoms with van der Waals surface area (Å²) in [6.45, 7) is 2.34. The molecule has 0 spiro atoms. The zero-order chi connectivity index (χ0) is 12.8. The number of rotatable bonds is 5. The summed E-state index contributed by atoms with van der Waals surface area (Å²) < 4.78 is 5.53. The fourth-order valence-electron chi connectivity index (χ4n) is 1.75. The van der Waals surface area contributed by atoms with Crippen LogP contribution in [-0.4, -0.2) is 17.4 Å². The van der Waals surface area contributed by atoms with Crippen LogP contribution < -0.4 is 0 Å². The number of pyridine rings is 1. The maximum absolute atomic E-state index is 12.4. The molecule has 0 saturated heterocycles. The van der Waals surface area contributed by atoms with Crippen molar-refractivity contribution in [1.29, 1.82) is 0 Å². The number of carbonyl (C=O) groups excluding carboxylic acids is 1. The number of ether oxygens (including phenoxy) is 1. The van der Waals surface area contributed by atoms with Crippen LogP contribution in [0.1, 0.15) is 29.1 Å². The van der Waals surface area contributed by atoms with E-state index in [4.69, 9.17) is 4.74 Å². The molecule has 0 radical (unpaired) electrons. The molecular formula is C15H15NO2. The van der Waals surface area contributed by atoms with Crippen LogP contribution in [0.2, 0.25) is 0 Å². The van der Waals surface area contributed by atoms with E-state index in [0.717, 1.165) is 0 Å². The highest BCUT2D eigenvalue weighted by atomic mass is 16.5. The maximum Gasteiger partial charge on any atom is 0.197 e. The summed E-state index contributed by atoms with van der Waals surface area (Å²) in [7, 11) is 0. The second-order valence-corrected chi connectivity index (χ2v) is 3.82. The van der Waals surface area contributed by atoms with Crippen molar-refractivity contribution in [1.82, 2.24) is 4.98 Å². The van der Waals surface area contributed by atoms with Crippen LogP contribution in [0.3, 0.4) is 0 Å². The second-order valence-electron chi connectivity index (χ2n) is 3.82. The van der Waals surface area contributed by atoms with Gasteiger partial charge in [-0.25, -0.2) is 0 Å². The molecule has 1 heterocycles. The molecule has 0 N–H and O–H groups in total. The van der Waals surface area contributed by atoms with Gasteiger partial charge in [0.25, 0.3) is 0 Å². The van der Waals surface area contributed by atoms with Gasteiger partial charge in [-0.15, -0.1) is 0 Å². The zero-order valence-electron chi connectivity index (χ0n) is 10.2. The van der Waals surface area contributed by atoms with Gasteiger partial charge in [0, 0.05) is 18.4 Å². The number of aromatic nitrogens is 1. The van der Waals surface area contributed by atoms with E-state index in [-0.39, 0.29) is 5.78 Å². The molecule has 2 aromatic rings. The average Bonchev–Trinajstić information content (AvgIpc) is 2.46. The SMILES string of the molecule is CCOC(C(=O)c1ccccc1)c1ccccn1. The second kappa shape index (κ2) is 6.07. The molecule has 1 aromatic heterocycles. The summed E-state index contributed by atoms with van der Waals surface area (Å²) in [6.07, 6.45) is 1.04. The summed E-state index contributed by atoms with van der Waals surface area (Å²) in [6, 6.07) is 14.6. The first-order valence-electron chi connectivity index (χ1n) is 5.94. The number of carbonyl (C=O) groups is 1. The first-order valence-corrected chi connectivity index (χ1v) is 5.94. The first-order chi connectivity index (χ1) is 8.83. The summed E-state index contributed by atoms with van der Waals surface area (Å²) in [5.41, 5.74) is 1.29. The zero-order valence-corrected chi connectivity index (χ0v) is 10.2. The molecule has 0 amide bonds. The van der Waals surface area contributed by atoms with Crippen molar-refractivity contribution in [3.8, 4) is 0 Å². The summed E-state index contributed by atoms with van der Waals surface area (Å²) >= 11 is 0. The van der Waals surface area contributed by atoms with E-state index in [2.05, 4.69) is 4.98 Å². The lowest BCUT2D eigenvalue weighted by Gasteiger charge is -2.15. The average molecular weight is 241 g/mol. The molecule has 0 aliphatic rings. The largest absolute Gasteiger partial charge is 0.364 e. The van der Waals surface area contributed by atoms with Crippen LogP contribution in [0.5, 0.6) is 0 Å². The maximum atomic E-state index is 12.4. The highest BCUT2D eigenvalue weighted by Gasteiger charge is 2.23. The van der Waals surface area contributed by atoms with Crippen molar-refractivity contribution in [3.05, 3.63) is 66.0 Å². The third-order valence-electron chi connectivity index (χ3n) is 2.59. The van der Waals surface area contributed by atoms with Crippen LogP contribution in [0, 0.1) is 0 Å². The van der Waals surface area contributed by atoms with Crippen molar-refractivity contribution in [2.45, 2.75) is 13.0 Å². The Labute approximate surface area is 106 Å². The molecule has 1 unspecified atom stereocenters. The Balaban J connectivity index is 2.29. The minimum absolute atomic E-state index is 0.0591. The third-order valence-corrected chi connectivity index (χ3v) is 2.59. The Hall–Kier alpha value is -2.00. The van der Waals surface area contributed by atoms with Gasteiger partial charge in [-0.1, -0.05) is 36.4 Å². The van der Waals surface area contributed by atoms with Crippen LogP contribution >= 0.6 is 0 Å². The van der Waals surface area contributed by atoms with E-state index < -0.39 is 6.10 Å². The number of hydrogen-bond acceptors (Lipinski definition) is 3. The fourth-order valence-corrected chi connectivity index (χ4v) is 1.75. The normalized spacial score (nSPS) is 12.1. The van der Waals surface area contributed by atoms with Gasteiger partial charge < -0.3 is 4.74 Å². The Morgan fingerprint density at radius 2 is 1.89 bits per heavy atom. The molecule has 2 rings (SSSR count). The van der Waals surface area contributed by atoms with Crippen LogP contribution in [0.4, 0.5) is 0 Å². The van der Waals surface area contributed by atoms with Crippen molar-refractivity contribution >= 4 is 5.78 Å². The van der Waals surface area contributed by atoms with E-state index in [1.54, 1.807) is 24.4 Å². The van der Waals surface area contributed by atoms with Gasteiger partial charge in [0.2, 0.25) is 0 Å².